The number of benzene rings is 3. The molecule has 6 heteroatoms. The first-order valence-corrected chi connectivity index (χ1v) is 10.1. The zero-order chi connectivity index (χ0) is 21.7. The quantitative estimate of drug-likeness (QED) is 0.227. The van der Waals surface area contributed by atoms with Gasteiger partial charge in [-0.15, -0.1) is 0 Å². The summed E-state index contributed by atoms with van der Waals surface area (Å²) in [7, 11) is 1.53. The first kappa shape index (κ1) is 22.1. The molecule has 3 aromatic rings. The zero-order valence-electron chi connectivity index (χ0n) is 15.9. The fourth-order valence-electron chi connectivity index (χ4n) is 2.92. The van der Waals surface area contributed by atoms with E-state index in [2.05, 4.69) is 0 Å². The number of hydrogen-bond donors (Lipinski definition) is 0. The second-order valence-corrected chi connectivity index (χ2v) is 8.09. The van der Waals surface area contributed by atoms with Crippen LogP contribution in [-0.4, -0.2) is 23.0 Å². The lowest BCUT2D eigenvalue weighted by Gasteiger charge is -2.24. The number of carbonyl (C=O) groups is 2. The fourth-order valence-corrected chi connectivity index (χ4v) is 4.00. The number of ketones is 2. The number of methoxy groups -OCH3 is 1. The van der Waals surface area contributed by atoms with Gasteiger partial charge in [0.25, 0.3) is 0 Å². The van der Waals surface area contributed by atoms with Crippen molar-refractivity contribution < 1.29 is 14.3 Å². The summed E-state index contributed by atoms with van der Waals surface area (Å²) in [5.41, 5.74) is 1.09. The number of allylic oxidation sites excluding steroid dienone is 2. The summed E-state index contributed by atoms with van der Waals surface area (Å²) in [4.78, 5) is 26.2. The van der Waals surface area contributed by atoms with Crippen LogP contribution in [0.5, 0.6) is 5.75 Å². The minimum Gasteiger partial charge on any atom is -0.497 e. The maximum Gasteiger partial charge on any atom is 0.207 e. The number of carbonyl (C=O) groups excluding carboxylic acids is 2. The molecule has 0 bridgehead atoms. The topological polar surface area (TPSA) is 43.4 Å². The normalized spacial score (nSPS) is 12.1. The Morgan fingerprint density at radius 3 is 1.73 bits per heavy atom. The number of halogens is 3. The molecule has 3 nitrogen and oxygen atoms in total. The maximum absolute atomic E-state index is 13.2. The molecule has 0 atom stereocenters. The smallest absolute Gasteiger partial charge is 0.207 e. The fraction of sp³-hybridized carbons (Fsp3) is 0.0833. The van der Waals surface area contributed by atoms with Gasteiger partial charge in [-0.1, -0.05) is 108 Å². The lowest BCUT2D eigenvalue weighted by molar-refractivity contribution is 0.0990. The van der Waals surface area contributed by atoms with Gasteiger partial charge in [0.1, 0.15) is 5.75 Å². The van der Waals surface area contributed by atoms with Gasteiger partial charge in [-0.25, -0.2) is 0 Å². The van der Waals surface area contributed by atoms with Gasteiger partial charge >= 0.3 is 0 Å². The van der Waals surface area contributed by atoms with Crippen molar-refractivity contribution in [2.24, 2.45) is 0 Å². The van der Waals surface area contributed by atoms with Crippen LogP contribution < -0.4 is 4.74 Å². The molecule has 0 amide bonds. The molecule has 0 aliphatic heterocycles. The monoisotopic (exact) mass is 458 g/mol. The molecule has 0 fully saturated rings. The molecular formula is C24H17Cl3O3. The zero-order valence-corrected chi connectivity index (χ0v) is 18.2. The van der Waals surface area contributed by atoms with E-state index in [-0.39, 0.29) is 10.6 Å². The van der Waals surface area contributed by atoms with E-state index < -0.39 is 15.9 Å². The van der Waals surface area contributed by atoms with Gasteiger partial charge in [0.15, 0.2) is 0 Å². The van der Waals surface area contributed by atoms with Gasteiger partial charge in [0.2, 0.25) is 15.9 Å². The molecule has 0 radical (unpaired) electrons. The highest BCUT2D eigenvalue weighted by molar-refractivity contribution is 6.67. The number of hydrogen-bond acceptors (Lipinski definition) is 3. The first-order chi connectivity index (χ1) is 14.4. The van der Waals surface area contributed by atoms with Crippen LogP contribution in [-0.2, 0) is 0 Å². The number of Topliss-reactive ketones (excluding diaryl/α,β-unsaturated/α-hetero) is 2. The molecule has 0 saturated heterocycles. The van der Waals surface area contributed by atoms with E-state index in [4.69, 9.17) is 39.5 Å². The van der Waals surface area contributed by atoms with Gasteiger partial charge in [-0.05, 0) is 17.7 Å². The molecule has 3 rings (SSSR count). The van der Waals surface area contributed by atoms with Crippen LogP contribution in [0.2, 0.25) is 0 Å². The van der Waals surface area contributed by atoms with Crippen LogP contribution in [0.3, 0.4) is 0 Å². The van der Waals surface area contributed by atoms with Crippen LogP contribution in [0, 0.1) is 0 Å². The molecule has 0 aliphatic rings. The molecular weight excluding hydrogens is 443 g/mol. The Balaban J connectivity index is 2.18. The Morgan fingerprint density at radius 1 is 0.733 bits per heavy atom. The van der Waals surface area contributed by atoms with Crippen molar-refractivity contribution in [2.75, 3.05) is 7.11 Å². The molecule has 30 heavy (non-hydrogen) atoms. The minimum atomic E-state index is -2.10. The third kappa shape index (κ3) is 4.59. The third-order valence-corrected chi connectivity index (χ3v) is 5.55. The van der Waals surface area contributed by atoms with Gasteiger partial charge in [0, 0.05) is 16.7 Å². The number of rotatable bonds is 7. The van der Waals surface area contributed by atoms with Crippen molar-refractivity contribution in [1.29, 1.82) is 0 Å². The van der Waals surface area contributed by atoms with Crippen LogP contribution >= 0.6 is 34.8 Å². The van der Waals surface area contributed by atoms with Crippen molar-refractivity contribution in [3.8, 4) is 5.75 Å². The lowest BCUT2D eigenvalue weighted by atomic mass is 9.93. The molecule has 0 saturated carbocycles. The summed E-state index contributed by atoms with van der Waals surface area (Å²) in [5, 5.41) is -0.236. The van der Waals surface area contributed by atoms with Gasteiger partial charge in [-0.3, -0.25) is 9.59 Å². The molecule has 152 valence electrons. The molecule has 3 aromatic carbocycles. The van der Waals surface area contributed by atoms with Crippen molar-refractivity contribution in [1.82, 2.24) is 0 Å². The highest BCUT2D eigenvalue weighted by Crippen LogP contribution is 2.44. The van der Waals surface area contributed by atoms with Crippen LogP contribution in [0.1, 0.15) is 26.3 Å². The summed E-state index contributed by atoms with van der Waals surface area (Å²) >= 11 is 19.8. The van der Waals surface area contributed by atoms with E-state index in [1.807, 2.05) is 0 Å². The summed E-state index contributed by atoms with van der Waals surface area (Å²) in [5.74, 6) is -0.487. The molecule has 0 aliphatic carbocycles. The predicted molar refractivity (Wildman–Crippen MR) is 122 cm³/mol. The highest BCUT2D eigenvalue weighted by atomic mass is 35.5. The Bertz CT molecular complexity index is 1070. The van der Waals surface area contributed by atoms with Crippen molar-refractivity contribution >= 4 is 51.9 Å². The molecule has 0 N–H and O–H groups in total. The Hall–Kier alpha value is -2.59. The number of alkyl halides is 2. The summed E-state index contributed by atoms with van der Waals surface area (Å²) < 4.78 is 3.08. The van der Waals surface area contributed by atoms with Gasteiger partial charge in [-0.2, -0.15) is 0 Å². The van der Waals surface area contributed by atoms with Crippen molar-refractivity contribution in [3.05, 3.63) is 107 Å². The second-order valence-electron chi connectivity index (χ2n) is 6.38. The van der Waals surface area contributed by atoms with E-state index in [9.17, 15) is 9.59 Å². The average Bonchev–Trinajstić information content (AvgIpc) is 2.79. The lowest BCUT2D eigenvalue weighted by Crippen LogP contribution is -2.29. The predicted octanol–water partition coefficient (Wildman–Crippen LogP) is 6.58. The third-order valence-electron chi connectivity index (χ3n) is 4.47. The summed E-state index contributed by atoms with van der Waals surface area (Å²) in [6, 6.07) is 23.5. The van der Waals surface area contributed by atoms with E-state index in [0.29, 0.717) is 22.4 Å². The Kier molecular flexibility index (Phi) is 6.99. The number of ether oxygens (including phenoxy) is 1. The van der Waals surface area contributed by atoms with E-state index in [1.165, 1.54) is 7.11 Å². The van der Waals surface area contributed by atoms with Gasteiger partial charge < -0.3 is 4.74 Å². The van der Waals surface area contributed by atoms with Crippen LogP contribution in [0.4, 0.5) is 0 Å². The van der Waals surface area contributed by atoms with E-state index in [0.717, 1.165) is 0 Å². The Labute approximate surface area is 189 Å². The van der Waals surface area contributed by atoms with Crippen molar-refractivity contribution in [2.45, 2.75) is 4.33 Å². The summed E-state index contributed by atoms with van der Waals surface area (Å²) in [6.45, 7) is 0. The highest BCUT2D eigenvalue weighted by Gasteiger charge is 2.42. The Morgan fingerprint density at radius 2 is 1.23 bits per heavy atom. The van der Waals surface area contributed by atoms with Gasteiger partial charge in [0.05, 0.1) is 12.1 Å². The SMILES string of the molecule is COc1ccc(C(=C(Cl)C(=O)c2ccccc2)C(Cl)(Cl)C(=O)c2ccccc2)cc1. The maximum atomic E-state index is 13.2. The van der Waals surface area contributed by atoms with E-state index in [1.54, 1.807) is 84.9 Å². The average molecular weight is 460 g/mol. The molecule has 0 aromatic heterocycles. The minimum absolute atomic E-state index is 0.0119. The first-order valence-electron chi connectivity index (χ1n) is 8.98. The molecule has 0 spiro atoms. The van der Waals surface area contributed by atoms with Crippen LogP contribution in [0.15, 0.2) is 90.0 Å². The van der Waals surface area contributed by atoms with E-state index >= 15 is 0 Å². The van der Waals surface area contributed by atoms with Crippen LogP contribution in [0.25, 0.3) is 5.57 Å². The largest absolute Gasteiger partial charge is 0.497 e. The van der Waals surface area contributed by atoms with Crippen molar-refractivity contribution in [3.63, 3.8) is 0 Å². The molecule has 0 heterocycles. The summed E-state index contributed by atoms with van der Waals surface area (Å²) in [6.07, 6.45) is 0. The standard InChI is InChI=1S/C24H17Cl3O3/c1-30-19-14-12-16(13-15-19)20(21(25)22(28)17-8-4-2-5-9-17)24(26,27)23(29)18-10-6-3-7-11-18/h2-15H,1H3. The second kappa shape index (κ2) is 9.48. The molecule has 0 unspecified atom stereocenters.